The number of amides is 5. The van der Waals surface area contributed by atoms with Gasteiger partial charge in [-0.05, 0) is 24.1 Å². The number of fused-ring (bicyclic) bond motifs is 1. The van der Waals surface area contributed by atoms with Crippen LogP contribution < -0.4 is 10.2 Å². The van der Waals surface area contributed by atoms with Crippen molar-refractivity contribution in [2.24, 2.45) is 0 Å². The molecule has 1 fully saturated rings. The standard InChI is InChI=1S/C19H15N3O6/c23-10-21(15-5-2-8-28-15)9-11-3-1-4-12-16(11)19(27)22(18(12)26)13-6-7-14(24)20-17(13)25/h1-5,8,10,13H,6-7,9H2,(H,20,24,25). The van der Waals surface area contributed by atoms with Gasteiger partial charge in [-0.15, -0.1) is 0 Å². The molecule has 3 heterocycles. The molecule has 0 bridgehead atoms. The first-order valence-electron chi connectivity index (χ1n) is 8.60. The lowest BCUT2D eigenvalue weighted by molar-refractivity contribution is -0.136. The van der Waals surface area contributed by atoms with Gasteiger partial charge in [0.1, 0.15) is 6.04 Å². The van der Waals surface area contributed by atoms with Gasteiger partial charge < -0.3 is 4.42 Å². The van der Waals surface area contributed by atoms with E-state index in [4.69, 9.17) is 4.42 Å². The second kappa shape index (κ2) is 6.76. The van der Waals surface area contributed by atoms with Gasteiger partial charge in [0.2, 0.25) is 24.1 Å². The summed E-state index contributed by atoms with van der Waals surface area (Å²) >= 11 is 0. The molecule has 1 aromatic carbocycles. The zero-order valence-corrected chi connectivity index (χ0v) is 14.6. The monoisotopic (exact) mass is 381 g/mol. The van der Waals surface area contributed by atoms with E-state index in [2.05, 4.69) is 5.32 Å². The normalized spacial score (nSPS) is 18.9. The second-order valence-corrected chi connectivity index (χ2v) is 6.47. The highest BCUT2D eigenvalue weighted by Gasteiger charge is 2.45. The summed E-state index contributed by atoms with van der Waals surface area (Å²) in [7, 11) is 0. The number of nitrogens with zero attached hydrogens (tertiary/aromatic N) is 2. The zero-order chi connectivity index (χ0) is 19.8. The van der Waals surface area contributed by atoms with E-state index in [0.717, 1.165) is 4.90 Å². The number of carbonyl (C=O) groups excluding carboxylic acids is 5. The van der Waals surface area contributed by atoms with E-state index < -0.39 is 29.7 Å². The second-order valence-electron chi connectivity index (χ2n) is 6.47. The first-order chi connectivity index (χ1) is 13.5. The van der Waals surface area contributed by atoms with Crippen molar-refractivity contribution in [3.8, 4) is 0 Å². The Kier molecular flexibility index (Phi) is 4.26. The molecule has 0 radical (unpaired) electrons. The maximum absolute atomic E-state index is 13.0. The number of hydrogen-bond donors (Lipinski definition) is 1. The predicted molar refractivity (Wildman–Crippen MR) is 94.1 cm³/mol. The van der Waals surface area contributed by atoms with E-state index in [1.54, 1.807) is 24.3 Å². The quantitative estimate of drug-likeness (QED) is 0.606. The van der Waals surface area contributed by atoms with Gasteiger partial charge in [0.15, 0.2) is 0 Å². The van der Waals surface area contributed by atoms with Crippen molar-refractivity contribution in [2.45, 2.75) is 25.4 Å². The molecule has 0 saturated carbocycles. The van der Waals surface area contributed by atoms with E-state index in [1.807, 2.05) is 0 Å². The summed E-state index contributed by atoms with van der Waals surface area (Å²) in [6.45, 7) is 0.0163. The maximum atomic E-state index is 13.0. The summed E-state index contributed by atoms with van der Waals surface area (Å²) in [6.07, 6.45) is 2.12. The van der Waals surface area contributed by atoms with Crippen LogP contribution in [0, 0.1) is 0 Å². The van der Waals surface area contributed by atoms with E-state index in [0.29, 0.717) is 17.9 Å². The molecule has 2 aliphatic rings. The number of imide groups is 2. The average Bonchev–Trinajstić information content (AvgIpc) is 3.29. The molecular weight excluding hydrogens is 366 g/mol. The lowest BCUT2D eigenvalue weighted by atomic mass is 10.0. The third kappa shape index (κ3) is 2.77. The van der Waals surface area contributed by atoms with E-state index in [-0.39, 0.29) is 30.5 Å². The number of hydrogen-bond acceptors (Lipinski definition) is 6. The molecular formula is C19H15N3O6. The van der Waals surface area contributed by atoms with Gasteiger partial charge in [-0.3, -0.25) is 39.1 Å². The van der Waals surface area contributed by atoms with E-state index >= 15 is 0 Å². The molecule has 5 amide bonds. The van der Waals surface area contributed by atoms with Gasteiger partial charge in [-0.1, -0.05) is 12.1 Å². The number of nitrogens with one attached hydrogen (secondary N) is 1. The third-order valence-corrected chi connectivity index (χ3v) is 4.81. The van der Waals surface area contributed by atoms with Crippen LogP contribution in [0.5, 0.6) is 0 Å². The van der Waals surface area contributed by atoms with Gasteiger partial charge in [-0.2, -0.15) is 0 Å². The first kappa shape index (κ1) is 17.7. The van der Waals surface area contributed by atoms with Crippen LogP contribution in [0.15, 0.2) is 41.0 Å². The van der Waals surface area contributed by atoms with Crippen molar-refractivity contribution < 1.29 is 28.4 Å². The van der Waals surface area contributed by atoms with Crippen LogP contribution in [-0.2, 0) is 20.9 Å². The van der Waals surface area contributed by atoms with Crippen LogP contribution in [0.1, 0.15) is 39.1 Å². The molecule has 1 aromatic heterocycles. The summed E-state index contributed by atoms with van der Waals surface area (Å²) in [4.78, 5) is 63.0. The number of benzene rings is 1. The fraction of sp³-hybridized carbons (Fsp3) is 0.211. The lowest BCUT2D eigenvalue weighted by Gasteiger charge is -2.27. The molecule has 2 aromatic rings. The Bertz CT molecular complexity index is 997. The van der Waals surface area contributed by atoms with Gasteiger partial charge in [0.05, 0.1) is 23.9 Å². The molecule has 142 valence electrons. The van der Waals surface area contributed by atoms with Crippen molar-refractivity contribution in [3.05, 3.63) is 53.3 Å². The predicted octanol–water partition coefficient (Wildman–Crippen LogP) is 0.844. The number of carbonyl (C=O) groups is 5. The maximum Gasteiger partial charge on any atom is 0.262 e. The summed E-state index contributed by atoms with van der Waals surface area (Å²) in [5, 5.41) is 2.16. The summed E-state index contributed by atoms with van der Waals surface area (Å²) < 4.78 is 5.21. The fourth-order valence-electron chi connectivity index (χ4n) is 3.50. The Labute approximate surface area is 158 Å². The minimum atomic E-state index is -1.04. The Morgan fingerprint density at radius 3 is 2.64 bits per heavy atom. The van der Waals surface area contributed by atoms with E-state index in [1.165, 1.54) is 17.2 Å². The largest absolute Gasteiger partial charge is 0.448 e. The van der Waals surface area contributed by atoms with Crippen LogP contribution in [0.4, 0.5) is 5.88 Å². The Hall–Kier alpha value is -3.75. The van der Waals surface area contributed by atoms with Crippen molar-refractivity contribution in [1.29, 1.82) is 0 Å². The molecule has 2 aliphatic heterocycles. The Morgan fingerprint density at radius 1 is 1.14 bits per heavy atom. The van der Waals surface area contributed by atoms with Crippen LogP contribution in [0.2, 0.25) is 0 Å². The van der Waals surface area contributed by atoms with Crippen molar-refractivity contribution in [3.63, 3.8) is 0 Å². The summed E-state index contributed by atoms with van der Waals surface area (Å²) in [5.74, 6) is -2.01. The van der Waals surface area contributed by atoms with Gasteiger partial charge in [0, 0.05) is 12.5 Å². The molecule has 0 spiro atoms. The molecule has 1 atom stereocenters. The highest BCUT2D eigenvalue weighted by molar-refractivity contribution is 6.24. The SMILES string of the molecule is O=CN(Cc1cccc2c1C(=O)N(C1CCC(=O)NC1=O)C2=O)c1ccco1. The van der Waals surface area contributed by atoms with Crippen LogP contribution >= 0.6 is 0 Å². The number of rotatable bonds is 5. The highest BCUT2D eigenvalue weighted by Crippen LogP contribution is 2.31. The zero-order valence-electron chi connectivity index (χ0n) is 14.6. The fourth-order valence-corrected chi connectivity index (χ4v) is 3.50. The first-order valence-corrected chi connectivity index (χ1v) is 8.60. The molecule has 9 heteroatoms. The summed E-state index contributed by atoms with van der Waals surface area (Å²) in [6, 6.07) is 6.94. The minimum absolute atomic E-state index is 0.0163. The molecule has 28 heavy (non-hydrogen) atoms. The smallest absolute Gasteiger partial charge is 0.262 e. The Balaban J connectivity index is 1.67. The number of anilines is 1. The minimum Gasteiger partial charge on any atom is -0.448 e. The molecule has 4 rings (SSSR count). The molecule has 0 aliphatic carbocycles. The van der Waals surface area contributed by atoms with E-state index in [9.17, 15) is 24.0 Å². The molecule has 9 nitrogen and oxygen atoms in total. The van der Waals surface area contributed by atoms with Crippen LogP contribution in [0.25, 0.3) is 0 Å². The summed E-state index contributed by atoms with van der Waals surface area (Å²) in [5.41, 5.74) is 0.766. The van der Waals surface area contributed by atoms with Gasteiger partial charge in [-0.25, -0.2) is 0 Å². The van der Waals surface area contributed by atoms with Gasteiger partial charge >= 0.3 is 0 Å². The Morgan fingerprint density at radius 2 is 1.96 bits per heavy atom. The van der Waals surface area contributed by atoms with Gasteiger partial charge in [0.25, 0.3) is 11.8 Å². The highest BCUT2D eigenvalue weighted by atomic mass is 16.3. The van der Waals surface area contributed by atoms with Crippen molar-refractivity contribution in [1.82, 2.24) is 10.2 Å². The third-order valence-electron chi connectivity index (χ3n) is 4.81. The number of furan rings is 1. The molecule has 1 N–H and O–H groups in total. The lowest BCUT2D eigenvalue weighted by Crippen LogP contribution is -2.54. The van der Waals surface area contributed by atoms with Crippen molar-refractivity contribution in [2.75, 3.05) is 4.90 Å². The van der Waals surface area contributed by atoms with Crippen LogP contribution in [-0.4, -0.2) is 41.0 Å². The number of piperidine rings is 1. The van der Waals surface area contributed by atoms with Crippen LogP contribution in [0.3, 0.4) is 0 Å². The molecule has 1 unspecified atom stereocenters. The topological polar surface area (TPSA) is 117 Å². The average molecular weight is 381 g/mol. The molecule has 1 saturated heterocycles. The van der Waals surface area contributed by atoms with Crippen molar-refractivity contribution >= 4 is 35.9 Å².